The van der Waals surface area contributed by atoms with Crippen LogP contribution in [-0.4, -0.2) is 49.1 Å². The number of amides is 3. The highest BCUT2D eigenvalue weighted by Gasteiger charge is 2.21. The lowest BCUT2D eigenvalue weighted by molar-refractivity contribution is -0.120. The number of piperidine rings is 1. The standard InChI is InChI=1S/C28H38N4O2/c1-22-9-4-6-18-31(22)19-8-17-29-27(33)21-23-13-15-25(16-14-23)30-28(34)32-20-7-5-11-24-10-2-3-12-26(24)32/h2-3,10,12-16,22H,4-9,11,17-21H2,1H3,(H,29,33)(H,30,34)/t22-/m0/s1. The molecule has 2 N–H and O–H groups in total. The molecule has 2 aromatic rings. The molecule has 6 nitrogen and oxygen atoms in total. The van der Waals surface area contributed by atoms with Gasteiger partial charge < -0.3 is 15.5 Å². The number of nitrogens with one attached hydrogen (secondary N) is 2. The fraction of sp³-hybridized carbons (Fsp3) is 0.500. The third-order valence-electron chi connectivity index (χ3n) is 7.06. The molecule has 2 aromatic carbocycles. The van der Waals surface area contributed by atoms with E-state index in [0.717, 1.165) is 55.7 Å². The summed E-state index contributed by atoms with van der Waals surface area (Å²) in [7, 11) is 0. The topological polar surface area (TPSA) is 64.7 Å². The Morgan fingerprint density at radius 1 is 0.971 bits per heavy atom. The van der Waals surface area contributed by atoms with Crippen LogP contribution >= 0.6 is 0 Å². The van der Waals surface area contributed by atoms with Gasteiger partial charge >= 0.3 is 6.03 Å². The third kappa shape index (κ3) is 6.60. The predicted molar refractivity (Wildman–Crippen MR) is 138 cm³/mol. The number of rotatable bonds is 7. The molecule has 34 heavy (non-hydrogen) atoms. The summed E-state index contributed by atoms with van der Waals surface area (Å²) in [6.45, 7) is 5.97. The van der Waals surface area contributed by atoms with Gasteiger partial charge in [-0.15, -0.1) is 0 Å². The van der Waals surface area contributed by atoms with Crippen LogP contribution in [0, 0.1) is 0 Å². The zero-order chi connectivity index (χ0) is 23.8. The van der Waals surface area contributed by atoms with Gasteiger partial charge in [-0.1, -0.05) is 36.8 Å². The van der Waals surface area contributed by atoms with Crippen molar-refractivity contribution in [3.63, 3.8) is 0 Å². The van der Waals surface area contributed by atoms with Crippen LogP contribution in [0.15, 0.2) is 48.5 Å². The van der Waals surface area contributed by atoms with Gasteiger partial charge in [-0.2, -0.15) is 0 Å². The Bertz CT molecular complexity index is 959. The number of nitrogens with zero attached hydrogens (tertiary/aromatic N) is 2. The molecule has 2 aliphatic heterocycles. The molecule has 0 spiro atoms. The van der Waals surface area contributed by atoms with E-state index in [1.54, 1.807) is 0 Å². The fourth-order valence-electron chi connectivity index (χ4n) is 5.05. The summed E-state index contributed by atoms with van der Waals surface area (Å²) < 4.78 is 0. The smallest absolute Gasteiger partial charge is 0.326 e. The van der Waals surface area contributed by atoms with Gasteiger partial charge in [0.15, 0.2) is 0 Å². The molecule has 1 saturated heterocycles. The minimum atomic E-state index is -0.108. The molecule has 0 bridgehead atoms. The lowest BCUT2D eigenvalue weighted by Crippen LogP contribution is -2.39. The van der Waals surface area contributed by atoms with Gasteiger partial charge in [0, 0.05) is 37.1 Å². The van der Waals surface area contributed by atoms with E-state index in [2.05, 4.69) is 28.5 Å². The fourth-order valence-corrected chi connectivity index (χ4v) is 5.05. The maximum Gasteiger partial charge on any atom is 0.326 e. The van der Waals surface area contributed by atoms with Gasteiger partial charge in [-0.05, 0) is 81.3 Å². The monoisotopic (exact) mass is 462 g/mol. The molecule has 1 fully saturated rings. The second-order valence-corrected chi connectivity index (χ2v) is 9.63. The van der Waals surface area contributed by atoms with E-state index in [0.29, 0.717) is 19.0 Å². The van der Waals surface area contributed by atoms with E-state index < -0.39 is 0 Å². The van der Waals surface area contributed by atoms with Crippen LogP contribution in [0.2, 0.25) is 0 Å². The molecule has 4 rings (SSSR count). The Balaban J connectivity index is 1.22. The van der Waals surface area contributed by atoms with E-state index in [1.807, 2.05) is 47.4 Å². The number of carbonyl (C=O) groups is 2. The number of aryl methyl sites for hydroxylation is 1. The SMILES string of the molecule is C[C@H]1CCCCN1CCCNC(=O)Cc1ccc(NC(=O)N2CCCCc3ccccc32)cc1. The van der Waals surface area contributed by atoms with Crippen LogP contribution in [0.5, 0.6) is 0 Å². The van der Waals surface area contributed by atoms with Gasteiger partial charge in [-0.25, -0.2) is 4.79 Å². The molecule has 182 valence electrons. The average molecular weight is 463 g/mol. The molecule has 0 radical (unpaired) electrons. The Morgan fingerprint density at radius 3 is 2.59 bits per heavy atom. The van der Waals surface area contributed by atoms with Crippen LogP contribution in [-0.2, 0) is 17.6 Å². The molecule has 1 atom stereocenters. The quantitative estimate of drug-likeness (QED) is 0.570. The number of hydrogen-bond acceptors (Lipinski definition) is 3. The van der Waals surface area contributed by atoms with Crippen LogP contribution in [0.25, 0.3) is 0 Å². The van der Waals surface area contributed by atoms with Crippen molar-refractivity contribution < 1.29 is 9.59 Å². The molecule has 3 amide bonds. The van der Waals surface area contributed by atoms with E-state index in [4.69, 9.17) is 0 Å². The Kier molecular flexibility index (Phi) is 8.58. The van der Waals surface area contributed by atoms with Crippen molar-refractivity contribution in [2.24, 2.45) is 0 Å². The minimum absolute atomic E-state index is 0.0460. The van der Waals surface area contributed by atoms with Gasteiger partial charge in [-0.3, -0.25) is 9.69 Å². The summed E-state index contributed by atoms with van der Waals surface area (Å²) in [5.74, 6) is 0.0460. The molecule has 0 unspecified atom stereocenters. The van der Waals surface area contributed by atoms with Crippen molar-refractivity contribution in [3.8, 4) is 0 Å². The van der Waals surface area contributed by atoms with Crippen molar-refractivity contribution in [2.75, 3.05) is 36.4 Å². The number of anilines is 2. The molecule has 2 aliphatic rings. The zero-order valence-corrected chi connectivity index (χ0v) is 20.4. The molecular formula is C28H38N4O2. The van der Waals surface area contributed by atoms with Gasteiger partial charge in [0.25, 0.3) is 0 Å². The van der Waals surface area contributed by atoms with Crippen molar-refractivity contribution in [3.05, 3.63) is 59.7 Å². The number of hydrogen-bond donors (Lipinski definition) is 2. The summed E-state index contributed by atoms with van der Waals surface area (Å²) in [5, 5.41) is 6.07. The maximum atomic E-state index is 13.0. The number of benzene rings is 2. The first kappa shape index (κ1) is 24.3. The summed E-state index contributed by atoms with van der Waals surface area (Å²) in [6, 6.07) is 16.3. The van der Waals surface area contributed by atoms with Crippen molar-refractivity contribution in [1.29, 1.82) is 0 Å². The molecule has 0 aliphatic carbocycles. The largest absolute Gasteiger partial charge is 0.356 e. The van der Waals surface area contributed by atoms with Crippen LogP contribution in [0.4, 0.5) is 16.2 Å². The number of likely N-dealkylation sites (tertiary alicyclic amines) is 1. The molecule has 0 aromatic heterocycles. The second-order valence-electron chi connectivity index (χ2n) is 9.63. The first-order chi connectivity index (χ1) is 16.6. The summed E-state index contributed by atoms with van der Waals surface area (Å²) in [6.07, 6.45) is 8.35. The molecular weight excluding hydrogens is 424 g/mol. The molecule has 6 heteroatoms. The van der Waals surface area contributed by atoms with Gasteiger partial charge in [0.2, 0.25) is 5.91 Å². The highest BCUT2D eigenvalue weighted by atomic mass is 16.2. The van der Waals surface area contributed by atoms with Crippen molar-refractivity contribution in [1.82, 2.24) is 10.2 Å². The lowest BCUT2D eigenvalue weighted by atomic mass is 10.0. The Hall–Kier alpha value is -2.86. The van der Waals surface area contributed by atoms with Crippen LogP contribution in [0.1, 0.15) is 56.6 Å². The van der Waals surface area contributed by atoms with Gasteiger partial charge in [0.1, 0.15) is 0 Å². The third-order valence-corrected chi connectivity index (χ3v) is 7.06. The Labute approximate surface area is 203 Å². The van der Waals surface area contributed by atoms with Crippen LogP contribution in [0.3, 0.4) is 0 Å². The normalized spacial score (nSPS) is 18.6. The first-order valence-electron chi connectivity index (χ1n) is 12.9. The predicted octanol–water partition coefficient (Wildman–Crippen LogP) is 4.98. The number of carbonyl (C=O) groups excluding carboxylic acids is 2. The lowest BCUT2D eigenvalue weighted by Gasteiger charge is -2.33. The number of urea groups is 1. The van der Waals surface area contributed by atoms with Crippen molar-refractivity contribution in [2.45, 2.75) is 64.3 Å². The summed E-state index contributed by atoms with van der Waals surface area (Å²) in [4.78, 5) is 29.7. The Morgan fingerprint density at radius 2 is 1.76 bits per heavy atom. The molecule has 2 heterocycles. The number of fused-ring (bicyclic) bond motifs is 1. The average Bonchev–Trinajstić information content (AvgIpc) is 3.07. The second kappa shape index (κ2) is 12.0. The summed E-state index contributed by atoms with van der Waals surface area (Å²) in [5.41, 5.74) is 3.91. The van der Waals surface area contributed by atoms with Crippen LogP contribution < -0.4 is 15.5 Å². The number of para-hydroxylation sites is 1. The highest BCUT2D eigenvalue weighted by Crippen LogP contribution is 2.27. The zero-order valence-electron chi connectivity index (χ0n) is 20.4. The van der Waals surface area contributed by atoms with E-state index in [1.165, 1.54) is 31.4 Å². The first-order valence-corrected chi connectivity index (χ1v) is 12.9. The van der Waals surface area contributed by atoms with E-state index in [-0.39, 0.29) is 11.9 Å². The van der Waals surface area contributed by atoms with E-state index >= 15 is 0 Å². The van der Waals surface area contributed by atoms with Crippen molar-refractivity contribution >= 4 is 23.3 Å². The molecule has 0 saturated carbocycles. The summed E-state index contributed by atoms with van der Waals surface area (Å²) >= 11 is 0. The maximum absolute atomic E-state index is 13.0. The van der Waals surface area contributed by atoms with Gasteiger partial charge in [0.05, 0.1) is 6.42 Å². The van der Waals surface area contributed by atoms with E-state index in [9.17, 15) is 9.59 Å². The highest BCUT2D eigenvalue weighted by molar-refractivity contribution is 6.02. The minimum Gasteiger partial charge on any atom is -0.356 e.